The summed E-state index contributed by atoms with van der Waals surface area (Å²) in [4.78, 5) is 48.6. The molecular weight excluding hydrogens is 436 g/mol. The Balaban J connectivity index is 3.24. The Morgan fingerprint density at radius 3 is 2.15 bits per heavy atom. The molecule has 10 heteroatoms. The van der Waals surface area contributed by atoms with E-state index in [1.54, 1.807) is 13.0 Å². The number of methoxy groups -OCH3 is 1. The molecule has 0 amide bonds. The third-order valence-corrected chi connectivity index (χ3v) is 4.95. The summed E-state index contributed by atoms with van der Waals surface area (Å²) in [6, 6.07) is 0. The van der Waals surface area contributed by atoms with Gasteiger partial charge in [0.05, 0.1) is 18.9 Å². The zero-order valence-corrected chi connectivity index (χ0v) is 19.4. The van der Waals surface area contributed by atoms with E-state index >= 15 is 0 Å². The molecule has 33 heavy (non-hydrogen) atoms. The Labute approximate surface area is 193 Å². The molecule has 6 atom stereocenters. The van der Waals surface area contributed by atoms with Crippen LogP contribution < -0.4 is 0 Å². The lowest BCUT2D eigenvalue weighted by Crippen LogP contribution is -2.62. The molecule has 0 saturated carbocycles. The van der Waals surface area contributed by atoms with Crippen LogP contribution in [0.25, 0.3) is 0 Å². The van der Waals surface area contributed by atoms with Gasteiger partial charge in [0.1, 0.15) is 11.9 Å². The van der Waals surface area contributed by atoms with Crippen LogP contribution >= 0.6 is 0 Å². The second-order valence-corrected chi connectivity index (χ2v) is 7.73. The highest BCUT2D eigenvalue weighted by Crippen LogP contribution is 2.30. The molecule has 0 aromatic heterocycles. The van der Waals surface area contributed by atoms with Crippen molar-refractivity contribution in [1.29, 1.82) is 0 Å². The lowest BCUT2D eigenvalue weighted by atomic mass is 9.97. The average molecular weight is 471 g/mol. The number of rotatable bonds is 14. The fourth-order valence-electron chi connectivity index (χ4n) is 3.13. The van der Waals surface area contributed by atoms with Gasteiger partial charge in [0.15, 0.2) is 24.6 Å². The molecule has 0 aromatic carbocycles. The van der Waals surface area contributed by atoms with E-state index in [0.29, 0.717) is 12.8 Å². The number of allylic oxidation sites excluding steroid dienone is 2. The van der Waals surface area contributed by atoms with E-state index in [2.05, 4.69) is 13.2 Å². The zero-order chi connectivity index (χ0) is 25.0. The van der Waals surface area contributed by atoms with Crippen molar-refractivity contribution in [2.75, 3.05) is 13.7 Å². The van der Waals surface area contributed by atoms with Crippen molar-refractivity contribution in [3.05, 3.63) is 25.3 Å². The van der Waals surface area contributed by atoms with E-state index in [1.165, 1.54) is 20.1 Å². The number of esters is 3. The third kappa shape index (κ3) is 9.07. The quantitative estimate of drug-likeness (QED) is 0.227. The van der Waals surface area contributed by atoms with Crippen LogP contribution in [-0.4, -0.2) is 73.2 Å². The second-order valence-electron chi connectivity index (χ2n) is 7.73. The number of ketones is 1. The molecule has 10 nitrogen and oxygen atoms in total. The molecule has 1 saturated heterocycles. The van der Waals surface area contributed by atoms with Crippen molar-refractivity contribution in [1.82, 2.24) is 0 Å². The second kappa shape index (κ2) is 14.6. The summed E-state index contributed by atoms with van der Waals surface area (Å²) in [6.07, 6.45) is -2.73. The van der Waals surface area contributed by atoms with Gasteiger partial charge in [-0.05, 0) is 19.8 Å². The molecule has 1 aliphatic rings. The summed E-state index contributed by atoms with van der Waals surface area (Å²) in [6.45, 7) is 9.53. The van der Waals surface area contributed by atoms with Gasteiger partial charge < -0.3 is 33.6 Å². The topological polar surface area (TPSA) is 135 Å². The lowest BCUT2D eigenvalue weighted by Gasteiger charge is -2.44. The highest BCUT2D eigenvalue weighted by Gasteiger charge is 2.52. The van der Waals surface area contributed by atoms with Crippen LogP contribution in [-0.2, 0) is 42.9 Å². The molecule has 1 aliphatic heterocycles. The van der Waals surface area contributed by atoms with Gasteiger partial charge >= 0.3 is 17.9 Å². The van der Waals surface area contributed by atoms with Gasteiger partial charge in [-0.1, -0.05) is 19.1 Å². The van der Waals surface area contributed by atoms with Crippen LogP contribution in [0, 0.1) is 5.92 Å². The van der Waals surface area contributed by atoms with E-state index in [-0.39, 0.29) is 25.0 Å². The van der Waals surface area contributed by atoms with E-state index in [4.69, 9.17) is 23.7 Å². The third-order valence-electron chi connectivity index (χ3n) is 4.95. The van der Waals surface area contributed by atoms with E-state index in [9.17, 15) is 24.3 Å². The smallest absolute Gasteiger partial charge is 0.309 e. The molecule has 1 N–H and O–H groups in total. The predicted octanol–water partition coefficient (Wildman–Crippen LogP) is 1.63. The van der Waals surface area contributed by atoms with Gasteiger partial charge in [0.2, 0.25) is 0 Å². The molecule has 1 heterocycles. The predicted molar refractivity (Wildman–Crippen MR) is 116 cm³/mol. The number of carbonyl (C=O) groups is 4. The maximum absolute atomic E-state index is 12.6. The number of aliphatic hydroxyl groups excluding tert-OH is 1. The molecule has 1 rings (SSSR count). The summed E-state index contributed by atoms with van der Waals surface area (Å²) in [5, 5.41) is 9.85. The number of aliphatic hydroxyl groups is 1. The van der Waals surface area contributed by atoms with Crippen molar-refractivity contribution in [3.63, 3.8) is 0 Å². The Kier molecular flexibility index (Phi) is 12.6. The van der Waals surface area contributed by atoms with Gasteiger partial charge in [-0.2, -0.15) is 0 Å². The standard InChI is InChI=1S/C23H34O10/c1-6-8-10-17(26)31-20-19(33-22(28)14(3)9-7-2)16(13-24)30-23(29-5)21(20)32-18(27)12-11-15(4)25/h6-7,14,16,19-21,23-24H,1-2,8-13H2,3-5H3/t14-,16+,19+,20-,21+,23-/m0/s1. The van der Waals surface area contributed by atoms with Crippen LogP contribution in [0.2, 0.25) is 0 Å². The Bertz CT molecular complexity index is 703. The van der Waals surface area contributed by atoms with Crippen LogP contribution in [0.15, 0.2) is 25.3 Å². The summed E-state index contributed by atoms with van der Waals surface area (Å²) in [5.41, 5.74) is 0. The lowest BCUT2D eigenvalue weighted by molar-refractivity contribution is -0.303. The first-order valence-corrected chi connectivity index (χ1v) is 10.8. The van der Waals surface area contributed by atoms with E-state index in [0.717, 1.165) is 0 Å². The minimum Gasteiger partial charge on any atom is -0.455 e. The monoisotopic (exact) mass is 470 g/mol. The fourth-order valence-corrected chi connectivity index (χ4v) is 3.13. The maximum Gasteiger partial charge on any atom is 0.309 e. The summed E-state index contributed by atoms with van der Waals surface area (Å²) >= 11 is 0. The SMILES string of the molecule is C=CCCC(=O)O[C@@H]1[C@@H](OC(=O)CCC(C)=O)[C@@H](OC)O[C@H](CO)[C@H]1OC(=O)[C@@H](C)CC=C. The Morgan fingerprint density at radius 1 is 0.970 bits per heavy atom. The first-order valence-electron chi connectivity index (χ1n) is 10.8. The largest absolute Gasteiger partial charge is 0.455 e. The van der Waals surface area contributed by atoms with Gasteiger partial charge in [-0.15, -0.1) is 13.2 Å². The molecular formula is C23H34O10. The number of Topliss-reactive ketones (excluding diaryl/α,β-unsaturated/α-hetero) is 1. The first-order chi connectivity index (χ1) is 15.7. The first kappa shape index (κ1) is 28.5. The highest BCUT2D eigenvalue weighted by atomic mass is 16.7. The minimum absolute atomic E-state index is 0.0131. The van der Waals surface area contributed by atoms with Gasteiger partial charge in [0, 0.05) is 20.0 Å². The van der Waals surface area contributed by atoms with Gasteiger partial charge in [-0.25, -0.2) is 0 Å². The van der Waals surface area contributed by atoms with Crippen molar-refractivity contribution >= 4 is 23.7 Å². The van der Waals surface area contributed by atoms with E-state index in [1.807, 2.05) is 0 Å². The normalized spacial score (nSPS) is 25.4. The molecule has 186 valence electrons. The van der Waals surface area contributed by atoms with Crippen LogP contribution in [0.5, 0.6) is 0 Å². The van der Waals surface area contributed by atoms with Gasteiger partial charge in [0.25, 0.3) is 0 Å². The summed E-state index contributed by atoms with van der Waals surface area (Å²) in [5.74, 6) is -2.80. The summed E-state index contributed by atoms with van der Waals surface area (Å²) < 4.78 is 27.5. The molecule has 1 fully saturated rings. The van der Waals surface area contributed by atoms with Crippen molar-refractivity contribution in [2.24, 2.45) is 5.92 Å². The van der Waals surface area contributed by atoms with Crippen molar-refractivity contribution in [3.8, 4) is 0 Å². The number of hydrogen-bond donors (Lipinski definition) is 1. The van der Waals surface area contributed by atoms with Crippen LogP contribution in [0.1, 0.15) is 46.0 Å². The van der Waals surface area contributed by atoms with Crippen LogP contribution in [0.3, 0.4) is 0 Å². The minimum atomic E-state index is -1.32. The molecule has 0 aromatic rings. The molecule has 0 radical (unpaired) electrons. The molecule has 0 bridgehead atoms. The Morgan fingerprint density at radius 2 is 1.61 bits per heavy atom. The van der Waals surface area contributed by atoms with E-state index < -0.39 is 61.1 Å². The Hall–Kier alpha value is -2.56. The molecule has 0 unspecified atom stereocenters. The molecule has 0 aliphatic carbocycles. The fraction of sp³-hybridized carbons (Fsp3) is 0.652. The number of carbonyl (C=O) groups excluding carboxylic acids is 4. The highest BCUT2D eigenvalue weighted by molar-refractivity contribution is 5.81. The van der Waals surface area contributed by atoms with Gasteiger partial charge in [-0.3, -0.25) is 14.4 Å². The molecule has 0 spiro atoms. The number of hydrogen-bond acceptors (Lipinski definition) is 10. The van der Waals surface area contributed by atoms with Crippen molar-refractivity contribution < 1.29 is 48.0 Å². The number of ether oxygens (including phenoxy) is 5. The maximum atomic E-state index is 12.6. The average Bonchev–Trinajstić information content (AvgIpc) is 2.78. The van der Waals surface area contributed by atoms with Crippen LogP contribution in [0.4, 0.5) is 0 Å². The summed E-state index contributed by atoms with van der Waals surface area (Å²) in [7, 11) is 1.28. The van der Waals surface area contributed by atoms with Crippen molar-refractivity contribution in [2.45, 2.75) is 76.7 Å². The zero-order valence-electron chi connectivity index (χ0n) is 19.4.